The van der Waals surface area contributed by atoms with Crippen LogP contribution in [0.1, 0.15) is 34.6 Å². The lowest BCUT2D eigenvalue weighted by molar-refractivity contribution is -0.137. The molecule has 98 valence electrons. The largest absolute Gasteiger partial charge is 0.481 e. The topological polar surface area (TPSA) is 37.3 Å². The number of carboxylic acid groups (broad SMARTS) is 1. The Hall–Kier alpha value is -2.09. The first-order valence-corrected chi connectivity index (χ1v) is 6.41. The maximum Gasteiger partial charge on any atom is 0.304 e. The Morgan fingerprint density at radius 3 is 1.58 bits per heavy atom. The van der Waals surface area contributed by atoms with E-state index in [2.05, 4.69) is 0 Å². The summed E-state index contributed by atoms with van der Waals surface area (Å²) in [7, 11) is 0. The number of benzene rings is 2. The van der Waals surface area contributed by atoms with Crippen LogP contribution in [-0.2, 0) is 4.79 Å². The fourth-order valence-corrected chi connectivity index (χ4v) is 2.20. The van der Waals surface area contributed by atoms with Crippen LogP contribution in [0.4, 0.5) is 0 Å². The molecular formula is C17H18O2. The van der Waals surface area contributed by atoms with E-state index in [-0.39, 0.29) is 12.3 Å². The molecule has 19 heavy (non-hydrogen) atoms. The molecule has 0 radical (unpaired) electrons. The summed E-state index contributed by atoms with van der Waals surface area (Å²) < 4.78 is 0. The monoisotopic (exact) mass is 254 g/mol. The van der Waals surface area contributed by atoms with Crippen LogP contribution >= 0.6 is 0 Å². The van der Waals surface area contributed by atoms with Crippen LogP contribution in [0, 0.1) is 13.8 Å². The van der Waals surface area contributed by atoms with Gasteiger partial charge in [-0.3, -0.25) is 4.79 Å². The summed E-state index contributed by atoms with van der Waals surface area (Å²) >= 11 is 0. The van der Waals surface area contributed by atoms with Crippen molar-refractivity contribution in [1.29, 1.82) is 0 Å². The van der Waals surface area contributed by atoms with Gasteiger partial charge in [0, 0.05) is 5.92 Å². The van der Waals surface area contributed by atoms with Crippen molar-refractivity contribution in [3.05, 3.63) is 70.8 Å². The van der Waals surface area contributed by atoms with Gasteiger partial charge < -0.3 is 5.11 Å². The maximum absolute atomic E-state index is 11.1. The summed E-state index contributed by atoms with van der Waals surface area (Å²) in [5.41, 5.74) is 4.47. The van der Waals surface area contributed by atoms with Gasteiger partial charge in [-0.2, -0.15) is 0 Å². The highest BCUT2D eigenvalue weighted by Gasteiger charge is 2.17. The molecule has 2 heteroatoms. The first-order chi connectivity index (χ1) is 9.06. The number of aryl methyl sites for hydroxylation is 2. The van der Waals surface area contributed by atoms with Gasteiger partial charge >= 0.3 is 5.97 Å². The van der Waals surface area contributed by atoms with Crippen molar-refractivity contribution in [3.63, 3.8) is 0 Å². The van der Waals surface area contributed by atoms with E-state index in [4.69, 9.17) is 5.11 Å². The number of rotatable bonds is 4. The Morgan fingerprint density at radius 1 is 0.895 bits per heavy atom. The number of hydrogen-bond donors (Lipinski definition) is 1. The van der Waals surface area contributed by atoms with Gasteiger partial charge in [0.05, 0.1) is 6.42 Å². The highest BCUT2D eigenvalue weighted by Crippen LogP contribution is 2.28. The third-order valence-electron chi connectivity index (χ3n) is 3.34. The molecule has 0 heterocycles. The van der Waals surface area contributed by atoms with Crippen LogP contribution < -0.4 is 0 Å². The minimum atomic E-state index is -0.772. The predicted octanol–water partition coefficient (Wildman–Crippen LogP) is 3.91. The van der Waals surface area contributed by atoms with Gasteiger partial charge in [-0.25, -0.2) is 0 Å². The van der Waals surface area contributed by atoms with Gasteiger partial charge in [0.1, 0.15) is 0 Å². The van der Waals surface area contributed by atoms with Crippen LogP contribution in [0.15, 0.2) is 48.5 Å². The Balaban J connectivity index is 2.37. The molecule has 0 aromatic heterocycles. The fraction of sp³-hybridized carbons (Fsp3) is 0.235. The number of carboxylic acids is 1. The third-order valence-corrected chi connectivity index (χ3v) is 3.34. The van der Waals surface area contributed by atoms with Crippen molar-refractivity contribution < 1.29 is 9.90 Å². The summed E-state index contributed by atoms with van der Waals surface area (Å²) in [6.45, 7) is 4.06. The second-order valence-corrected chi connectivity index (χ2v) is 4.97. The quantitative estimate of drug-likeness (QED) is 0.898. The Morgan fingerprint density at radius 2 is 1.26 bits per heavy atom. The molecule has 2 rings (SSSR count). The van der Waals surface area contributed by atoms with E-state index in [0.717, 1.165) is 11.1 Å². The maximum atomic E-state index is 11.1. The molecule has 0 aliphatic carbocycles. The Kier molecular flexibility index (Phi) is 4.00. The zero-order valence-electron chi connectivity index (χ0n) is 11.3. The summed E-state index contributed by atoms with van der Waals surface area (Å²) in [6, 6.07) is 16.2. The molecule has 0 atom stereocenters. The van der Waals surface area contributed by atoms with E-state index in [0.29, 0.717) is 0 Å². The number of carbonyl (C=O) groups is 1. The molecule has 0 fully saturated rings. The smallest absolute Gasteiger partial charge is 0.304 e. The van der Waals surface area contributed by atoms with Crippen LogP contribution in [0.2, 0.25) is 0 Å². The van der Waals surface area contributed by atoms with E-state index in [9.17, 15) is 4.79 Å². The lowest BCUT2D eigenvalue weighted by Crippen LogP contribution is -2.08. The molecule has 2 nitrogen and oxygen atoms in total. The molecule has 0 unspecified atom stereocenters. The van der Waals surface area contributed by atoms with E-state index >= 15 is 0 Å². The normalized spacial score (nSPS) is 10.7. The Labute approximate surface area is 113 Å². The lowest BCUT2D eigenvalue weighted by atomic mass is 9.88. The first-order valence-electron chi connectivity index (χ1n) is 6.41. The van der Waals surface area contributed by atoms with Crippen molar-refractivity contribution in [2.24, 2.45) is 0 Å². The number of aliphatic carboxylic acids is 1. The summed E-state index contributed by atoms with van der Waals surface area (Å²) in [4.78, 5) is 11.1. The molecule has 2 aromatic carbocycles. The minimum absolute atomic E-state index is 0.0845. The highest BCUT2D eigenvalue weighted by molar-refractivity contribution is 5.69. The Bertz CT molecular complexity index is 507. The standard InChI is InChI=1S/C17H18O2/c1-12-3-7-14(8-4-12)16(11-17(18)19)15-9-5-13(2)6-10-15/h3-10,16H,11H2,1-2H3,(H,18,19). The summed E-state index contributed by atoms with van der Waals surface area (Å²) in [6.07, 6.45) is 0.117. The second-order valence-electron chi connectivity index (χ2n) is 4.97. The van der Waals surface area contributed by atoms with Crippen molar-refractivity contribution in [3.8, 4) is 0 Å². The molecular weight excluding hydrogens is 236 g/mol. The van der Waals surface area contributed by atoms with Crippen molar-refractivity contribution in [2.75, 3.05) is 0 Å². The van der Waals surface area contributed by atoms with Crippen LogP contribution in [-0.4, -0.2) is 11.1 Å². The molecule has 0 bridgehead atoms. The van der Waals surface area contributed by atoms with E-state index in [1.54, 1.807) is 0 Å². The van der Waals surface area contributed by atoms with E-state index in [1.165, 1.54) is 11.1 Å². The first kappa shape index (κ1) is 13.3. The zero-order chi connectivity index (χ0) is 13.8. The number of hydrogen-bond acceptors (Lipinski definition) is 1. The minimum Gasteiger partial charge on any atom is -0.481 e. The van der Waals surface area contributed by atoms with Gasteiger partial charge in [-0.05, 0) is 25.0 Å². The summed E-state index contributed by atoms with van der Waals surface area (Å²) in [5.74, 6) is -0.857. The van der Waals surface area contributed by atoms with Crippen LogP contribution in [0.25, 0.3) is 0 Å². The van der Waals surface area contributed by atoms with Crippen molar-refractivity contribution >= 4 is 5.97 Å². The molecule has 0 aliphatic heterocycles. The van der Waals surface area contributed by atoms with Crippen LogP contribution in [0.5, 0.6) is 0 Å². The van der Waals surface area contributed by atoms with Gasteiger partial charge in [0.25, 0.3) is 0 Å². The van der Waals surface area contributed by atoms with E-state index in [1.807, 2.05) is 62.4 Å². The molecule has 0 spiro atoms. The SMILES string of the molecule is Cc1ccc(C(CC(=O)O)c2ccc(C)cc2)cc1. The molecule has 0 saturated carbocycles. The van der Waals surface area contributed by atoms with E-state index < -0.39 is 5.97 Å². The average Bonchev–Trinajstić information content (AvgIpc) is 2.38. The molecule has 0 saturated heterocycles. The predicted molar refractivity (Wildman–Crippen MR) is 76.5 cm³/mol. The molecule has 0 aliphatic rings. The molecule has 0 amide bonds. The van der Waals surface area contributed by atoms with Crippen LogP contribution in [0.3, 0.4) is 0 Å². The third kappa shape index (κ3) is 3.44. The molecule has 1 N–H and O–H groups in total. The average molecular weight is 254 g/mol. The summed E-state index contributed by atoms with van der Waals surface area (Å²) in [5, 5.41) is 9.12. The lowest BCUT2D eigenvalue weighted by Gasteiger charge is -2.16. The fourth-order valence-electron chi connectivity index (χ4n) is 2.20. The molecule has 2 aromatic rings. The van der Waals surface area contributed by atoms with Crippen molar-refractivity contribution in [2.45, 2.75) is 26.2 Å². The van der Waals surface area contributed by atoms with Gasteiger partial charge in [0.15, 0.2) is 0 Å². The van der Waals surface area contributed by atoms with Gasteiger partial charge in [-0.1, -0.05) is 59.7 Å². The highest BCUT2D eigenvalue weighted by atomic mass is 16.4. The van der Waals surface area contributed by atoms with Crippen molar-refractivity contribution in [1.82, 2.24) is 0 Å². The second kappa shape index (κ2) is 5.70. The zero-order valence-corrected chi connectivity index (χ0v) is 11.3. The van der Waals surface area contributed by atoms with Gasteiger partial charge in [-0.15, -0.1) is 0 Å². The van der Waals surface area contributed by atoms with Gasteiger partial charge in [0.2, 0.25) is 0 Å².